The largest absolute Gasteiger partial charge is 0.493 e. The number of ether oxygens (including phenoxy) is 3. The monoisotopic (exact) mass is 477 g/mol. The molecule has 1 N–H and O–H groups in total. The van der Waals surface area contributed by atoms with Crippen LogP contribution in [-0.2, 0) is 4.79 Å². The molecular formula is C23H24ClNO4S2. The number of thioether (sulfide) groups is 1. The number of rotatable bonds is 9. The normalized spacial score (nSPS) is 14.6. The molecule has 164 valence electrons. The molecule has 1 aliphatic rings. The van der Waals surface area contributed by atoms with Gasteiger partial charge in [0.2, 0.25) is 0 Å². The summed E-state index contributed by atoms with van der Waals surface area (Å²) in [4.78, 5) is 12.4. The quantitative estimate of drug-likeness (QED) is 0.284. The first-order valence-electron chi connectivity index (χ1n) is 9.92. The van der Waals surface area contributed by atoms with Gasteiger partial charge in [0, 0.05) is 6.42 Å². The molecule has 0 radical (unpaired) electrons. The number of hydrogen-bond acceptors (Lipinski definition) is 6. The van der Waals surface area contributed by atoms with Crippen molar-refractivity contribution < 1.29 is 19.0 Å². The molecule has 1 heterocycles. The van der Waals surface area contributed by atoms with Crippen molar-refractivity contribution in [2.45, 2.75) is 27.2 Å². The van der Waals surface area contributed by atoms with Gasteiger partial charge in [-0.15, -0.1) is 0 Å². The second kappa shape index (κ2) is 10.9. The third-order valence-electron chi connectivity index (χ3n) is 4.62. The van der Waals surface area contributed by atoms with E-state index in [1.54, 1.807) is 18.2 Å². The number of aryl methyl sites for hydroxylation is 1. The van der Waals surface area contributed by atoms with Crippen LogP contribution in [0.1, 0.15) is 30.0 Å². The Labute approximate surface area is 197 Å². The van der Waals surface area contributed by atoms with E-state index in [4.69, 9.17) is 38.0 Å². The van der Waals surface area contributed by atoms with Crippen LogP contribution >= 0.6 is 35.6 Å². The Morgan fingerprint density at radius 2 is 1.90 bits per heavy atom. The minimum Gasteiger partial charge on any atom is -0.493 e. The average molecular weight is 478 g/mol. The summed E-state index contributed by atoms with van der Waals surface area (Å²) in [6.45, 7) is 7.42. The molecule has 1 fully saturated rings. The average Bonchev–Trinajstić information content (AvgIpc) is 3.03. The van der Waals surface area contributed by atoms with Gasteiger partial charge in [0.25, 0.3) is 5.91 Å². The predicted octanol–water partition coefficient (Wildman–Crippen LogP) is 5.69. The number of amides is 1. The molecular weight excluding hydrogens is 454 g/mol. The lowest BCUT2D eigenvalue weighted by Gasteiger charge is -2.15. The molecule has 0 atom stereocenters. The van der Waals surface area contributed by atoms with Gasteiger partial charge in [-0.1, -0.05) is 47.7 Å². The summed E-state index contributed by atoms with van der Waals surface area (Å²) in [7, 11) is 0. The minimum atomic E-state index is -0.215. The summed E-state index contributed by atoms with van der Waals surface area (Å²) in [6.07, 6.45) is 2.42. The van der Waals surface area contributed by atoms with Gasteiger partial charge in [-0.2, -0.15) is 0 Å². The maximum Gasteiger partial charge on any atom is 0.263 e. The molecule has 2 aromatic carbocycles. The maximum absolute atomic E-state index is 11.9. The lowest BCUT2D eigenvalue weighted by Crippen LogP contribution is -2.17. The molecule has 0 aliphatic carbocycles. The van der Waals surface area contributed by atoms with Crippen molar-refractivity contribution in [2.75, 3.05) is 19.8 Å². The SMILES string of the molecule is CCOc1cc(/C=C2\SC(=S)NC2=O)cc(Cl)c1OCCCOc1cccc(C)c1C. The molecule has 8 heteroatoms. The molecule has 31 heavy (non-hydrogen) atoms. The van der Waals surface area contributed by atoms with Crippen LogP contribution in [0.2, 0.25) is 5.02 Å². The molecule has 1 amide bonds. The summed E-state index contributed by atoms with van der Waals surface area (Å²) in [5.41, 5.74) is 3.08. The van der Waals surface area contributed by atoms with E-state index in [1.165, 1.54) is 17.3 Å². The van der Waals surface area contributed by atoms with E-state index in [9.17, 15) is 4.79 Å². The van der Waals surface area contributed by atoms with E-state index in [1.807, 2.05) is 26.0 Å². The zero-order chi connectivity index (χ0) is 22.4. The maximum atomic E-state index is 11.9. The van der Waals surface area contributed by atoms with Gasteiger partial charge in [-0.3, -0.25) is 4.79 Å². The molecule has 5 nitrogen and oxygen atoms in total. The van der Waals surface area contributed by atoms with Gasteiger partial charge in [0.15, 0.2) is 11.5 Å². The fraction of sp³-hybridized carbons (Fsp3) is 0.304. The molecule has 0 saturated carbocycles. The molecule has 0 bridgehead atoms. The van der Waals surface area contributed by atoms with Crippen molar-refractivity contribution >= 4 is 51.9 Å². The lowest BCUT2D eigenvalue weighted by molar-refractivity contribution is -0.115. The lowest BCUT2D eigenvalue weighted by atomic mass is 10.1. The predicted molar refractivity (Wildman–Crippen MR) is 130 cm³/mol. The number of thiocarbonyl (C=S) groups is 1. The van der Waals surface area contributed by atoms with Crippen LogP contribution in [0.25, 0.3) is 6.08 Å². The number of hydrogen-bond donors (Lipinski definition) is 1. The van der Waals surface area contributed by atoms with Crippen LogP contribution in [-0.4, -0.2) is 30.0 Å². The highest BCUT2D eigenvalue weighted by Crippen LogP contribution is 2.38. The number of carbonyl (C=O) groups is 1. The van der Waals surface area contributed by atoms with Crippen LogP contribution in [0.15, 0.2) is 35.2 Å². The van der Waals surface area contributed by atoms with Crippen molar-refractivity contribution in [3.63, 3.8) is 0 Å². The van der Waals surface area contributed by atoms with E-state index in [-0.39, 0.29) is 5.91 Å². The number of nitrogens with one attached hydrogen (secondary N) is 1. The first kappa shape index (κ1) is 23.4. The second-order valence-corrected chi connectivity index (χ2v) is 8.99. The third-order valence-corrected chi connectivity index (χ3v) is 6.06. The van der Waals surface area contributed by atoms with E-state index in [0.29, 0.717) is 52.0 Å². The first-order chi connectivity index (χ1) is 14.9. The van der Waals surface area contributed by atoms with Gasteiger partial charge < -0.3 is 19.5 Å². The van der Waals surface area contributed by atoms with Crippen LogP contribution < -0.4 is 19.5 Å². The Bertz CT molecular complexity index is 1020. The minimum absolute atomic E-state index is 0.215. The van der Waals surface area contributed by atoms with Gasteiger partial charge in [-0.05, 0) is 61.7 Å². The molecule has 0 aromatic heterocycles. The van der Waals surface area contributed by atoms with Crippen LogP contribution in [0.3, 0.4) is 0 Å². The third kappa shape index (κ3) is 6.15. The highest BCUT2D eigenvalue weighted by Gasteiger charge is 2.22. The summed E-state index contributed by atoms with van der Waals surface area (Å²) in [5.74, 6) is 1.69. The topological polar surface area (TPSA) is 56.8 Å². The van der Waals surface area contributed by atoms with E-state index in [2.05, 4.69) is 18.3 Å². The van der Waals surface area contributed by atoms with E-state index >= 15 is 0 Å². The Kier molecular flexibility index (Phi) is 8.23. The second-order valence-electron chi connectivity index (χ2n) is 6.86. The van der Waals surface area contributed by atoms with Crippen molar-refractivity contribution in [3.8, 4) is 17.2 Å². The fourth-order valence-corrected chi connectivity index (χ4v) is 4.26. The summed E-state index contributed by atoms with van der Waals surface area (Å²) in [5, 5.41) is 3.01. The number of benzene rings is 2. The highest BCUT2D eigenvalue weighted by atomic mass is 35.5. The molecule has 1 saturated heterocycles. The van der Waals surface area contributed by atoms with E-state index < -0.39 is 0 Å². The fourth-order valence-electron chi connectivity index (χ4n) is 2.94. The molecule has 3 rings (SSSR count). The summed E-state index contributed by atoms with van der Waals surface area (Å²) < 4.78 is 17.9. The zero-order valence-corrected chi connectivity index (χ0v) is 20.0. The number of halogens is 1. The van der Waals surface area contributed by atoms with Gasteiger partial charge >= 0.3 is 0 Å². The first-order valence-corrected chi connectivity index (χ1v) is 11.5. The van der Waals surface area contributed by atoms with Crippen molar-refractivity contribution in [3.05, 3.63) is 56.9 Å². The van der Waals surface area contributed by atoms with E-state index in [0.717, 1.165) is 16.9 Å². The standard InChI is InChI=1S/C23H24ClNO4S2/c1-4-27-19-12-16(13-20-22(26)25-23(30)31-20)11-17(24)21(19)29-10-6-9-28-18-8-5-7-14(2)15(18)3/h5,7-8,11-13H,4,6,9-10H2,1-3H3,(H,25,26,30)/b20-13-. The molecule has 1 aliphatic heterocycles. The summed E-state index contributed by atoms with van der Waals surface area (Å²) in [6, 6.07) is 9.57. The van der Waals surface area contributed by atoms with Crippen molar-refractivity contribution in [1.82, 2.24) is 5.32 Å². The molecule has 0 unspecified atom stereocenters. The zero-order valence-electron chi connectivity index (χ0n) is 17.6. The summed E-state index contributed by atoms with van der Waals surface area (Å²) >= 11 is 12.7. The van der Waals surface area contributed by atoms with Gasteiger partial charge in [0.05, 0.1) is 29.7 Å². The van der Waals surface area contributed by atoms with Crippen LogP contribution in [0, 0.1) is 13.8 Å². The van der Waals surface area contributed by atoms with Crippen molar-refractivity contribution in [1.29, 1.82) is 0 Å². The Balaban J connectivity index is 1.64. The number of carbonyl (C=O) groups excluding carboxylic acids is 1. The van der Waals surface area contributed by atoms with Crippen molar-refractivity contribution in [2.24, 2.45) is 0 Å². The highest BCUT2D eigenvalue weighted by molar-refractivity contribution is 8.26. The van der Waals surface area contributed by atoms with Gasteiger partial charge in [0.1, 0.15) is 10.1 Å². The smallest absolute Gasteiger partial charge is 0.263 e. The molecule has 2 aromatic rings. The Hall–Kier alpha value is -2.22. The van der Waals surface area contributed by atoms with Gasteiger partial charge in [-0.25, -0.2) is 0 Å². The Morgan fingerprint density at radius 3 is 2.61 bits per heavy atom. The van der Waals surface area contributed by atoms with Crippen LogP contribution in [0.5, 0.6) is 17.2 Å². The van der Waals surface area contributed by atoms with Crippen LogP contribution in [0.4, 0.5) is 0 Å². The Morgan fingerprint density at radius 1 is 1.13 bits per heavy atom. The molecule has 0 spiro atoms.